The number of aromatic amines is 1. The van der Waals surface area contributed by atoms with E-state index in [9.17, 15) is 14.9 Å². The SMILES string of the molecule is Cc1cc([N+](=O)[O-])cc(=O)[nH]1. The lowest BCUT2D eigenvalue weighted by Crippen LogP contribution is -2.06. The molecule has 11 heavy (non-hydrogen) atoms. The number of nitro groups is 1. The topological polar surface area (TPSA) is 76.0 Å². The van der Waals surface area contributed by atoms with Gasteiger partial charge in [-0.3, -0.25) is 14.9 Å². The fourth-order valence-corrected chi connectivity index (χ4v) is 0.770. The lowest BCUT2D eigenvalue weighted by Gasteiger charge is -1.91. The third-order valence-corrected chi connectivity index (χ3v) is 1.17. The summed E-state index contributed by atoms with van der Waals surface area (Å²) in [6, 6.07) is 2.26. The van der Waals surface area contributed by atoms with Gasteiger partial charge in [-0.15, -0.1) is 0 Å². The molecule has 1 aromatic rings. The molecule has 0 saturated carbocycles. The van der Waals surface area contributed by atoms with Crippen molar-refractivity contribution in [3.8, 4) is 0 Å². The number of nitrogens with one attached hydrogen (secondary N) is 1. The highest BCUT2D eigenvalue weighted by Gasteiger charge is 2.05. The molecule has 0 bridgehead atoms. The van der Waals surface area contributed by atoms with Crippen molar-refractivity contribution >= 4 is 5.69 Å². The summed E-state index contributed by atoms with van der Waals surface area (Å²) in [4.78, 5) is 22.6. The molecule has 1 N–H and O–H groups in total. The van der Waals surface area contributed by atoms with Crippen LogP contribution < -0.4 is 5.56 Å². The Kier molecular flexibility index (Phi) is 1.72. The van der Waals surface area contributed by atoms with Gasteiger partial charge in [0.05, 0.1) is 11.0 Å². The molecule has 0 aliphatic heterocycles. The molecule has 1 rings (SSSR count). The molecule has 1 aromatic heterocycles. The number of nitrogens with zero attached hydrogens (tertiary/aromatic N) is 1. The first-order valence-corrected chi connectivity index (χ1v) is 2.95. The Hall–Kier alpha value is -1.65. The van der Waals surface area contributed by atoms with Crippen LogP contribution in [0.1, 0.15) is 5.69 Å². The monoisotopic (exact) mass is 154 g/mol. The van der Waals surface area contributed by atoms with Crippen LogP contribution >= 0.6 is 0 Å². The van der Waals surface area contributed by atoms with E-state index in [0.29, 0.717) is 5.69 Å². The summed E-state index contributed by atoms with van der Waals surface area (Å²) >= 11 is 0. The van der Waals surface area contributed by atoms with Gasteiger partial charge in [-0.05, 0) is 6.92 Å². The molecular weight excluding hydrogens is 148 g/mol. The summed E-state index contributed by atoms with van der Waals surface area (Å²) in [5.41, 5.74) is -0.132. The van der Waals surface area contributed by atoms with E-state index in [1.54, 1.807) is 6.92 Å². The van der Waals surface area contributed by atoms with E-state index in [1.807, 2.05) is 0 Å². The van der Waals surface area contributed by atoms with Gasteiger partial charge in [0.2, 0.25) is 0 Å². The van der Waals surface area contributed by atoms with Gasteiger partial charge in [0.1, 0.15) is 0 Å². The minimum atomic E-state index is -0.595. The lowest BCUT2D eigenvalue weighted by molar-refractivity contribution is -0.385. The van der Waals surface area contributed by atoms with E-state index in [0.717, 1.165) is 6.07 Å². The Labute approximate surface area is 61.8 Å². The standard InChI is InChI=1S/C6H6N2O3/c1-4-2-5(8(10)11)3-6(9)7-4/h2-3H,1H3,(H,7,9). The molecule has 0 aliphatic rings. The summed E-state index contributed by atoms with van der Waals surface area (Å²) in [5.74, 6) is 0. The van der Waals surface area contributed by atoms with Gasteiger partial charge in [-0.25, -0.2) is 0 Å². The van der Waals surface area contributed by atoms with Crippen LogP contribution in [0, 0.1) is 17.0 Å². The van der Waals surface area contributed by atoms with Crippen molar-refractivity contribution < 1.29 is 4.92 Å². The third kappa shape index (κ3) is 1.64. The zero-order valence-corrected chi connectivity index (χ0v) is 5.83. The minimum absolute atomic E-state index is 0.175. The van der Waals surface area contributed by atoms with Crippen LogP contribution in [0.2, 0.25) is 0 Å². The van der Waals surface area contributed by atoms with E-state index in [4.69, 9.17) is 0 Å². The number of aryl methyl sites for hydroxylation is 1. The Bertz CT molecular complexity index is 342. The fourth-order valence-electron chi connectivity index (χ4n) is 0.770. The largest absolute Gasteiger partial charge is 0.326 e. The Morgan fingerprint density at radius 2 is 2.18 bits per heavy atom. The second-order valence-electron chi connectivity index (χ2n) is 2.14. The Morgan fingerprint density at radius 1 is 1.55 bits per heavy atom. The lowest BCUT2D eigenvalue weighted by atomic mass is 10.3. The Balaban J connectivity index is 3.30. The molecule has 0 aliphatic carbocycles. The first kappa shape index (κ1) is 7.46. The van der Waals surface area contributed by atoms with E-state index in [2.05, 4.69) is 4.98 Å². The maximum Gasteiger partial charge on any atom is 0.276 e. The molecule has 0 unspecified atom stereocenters. The highest BCUT2D eigenvalue weighted by molar-refractivity contribution is 5.28. The average molecular weight is 154 g/mol. The number of H-pyrrole nitrogens is 1. The Morgan fingerprint density at radius 3 is 2.64 bits per heavy atom. The summed E-state index contributed by atoms with van der Waals surface area (Å²) in [5, 5.41) is 10.2. The van der Waals surface area contributed by atoms with Crippen LogP contribution in [-0.2, 0) is 0 Å². The molecule has 1 heterocycles. The number of hydrogen-bond acceptors (Lipinski definition) is 3. The van der Waals surface area contributed by atoms with Gasteiger partial charge in [-0.1, -0.05) is 0 Å². The van der Waals surface area contributed by atoms with E-state index >= 15 is 0 Å². The summed E-state index contributed by atoms with van der Waals surface area (Å²) in [6.45, 7) is 1.59. The first-order chi connectivity index (χ1) is 5.09. The highest BCUT2D eigenvalue weighted by atomic mass is 16.6. The van der Waals surface area contributed by atoms with Crippen molar-refractivity contribution in [2.75, 3.05) is 0 Å². The first-order valence-electron chi connectivity index (χ1n) is 2.95. The van der Waals surface area contributed by atoms with Crippen molar-refractivity contribution in [2.24, 2.45) is 0 Å². The van der Waals surface area contributed by atoms with Gasteiger partial charge < -0.3 is 4.98 Å². The quantitative estimate of drug-likeness (QED) is 0.475. The van der Waals surface area contributed by atoms with Gasteiger partial charge in [0, 0.05) is 11.8 Å². The molecule has 0 aromatic carbocycles. The molecule has 0 atom stereocenters. The van der Waals surface area contributed by atoms with Crippen LogP contribution in [0.3, 0.4) is 0 Å². The number of hydrogen-bond donors (Lipinski definition) is 1. The van der Waals surface area contributed by atoms with Crippen molar-refractivity contribution in [1.82, 2.24) is 4.98 Å². The predicted octanol–water partition coefficient (Wildman–Crippen LogP) is 0.592. The maximum absolute atomic E-state index is 10.7. The molecular formula is C6H6N2O3. The predicted molar refractivity (Wildman–Crippen MR) is 38.5 cm³/mol. The van der Waals surface area contributed by atoms with E-state index in [1.165, 1.54) is 6.07 Å². The van der Waals surface area contributed by atoms with Crippen molar-refractivity contribution in [3.05, 3.63) is 38.3 Å². The van der Waals surface area contributed by atoms with Crippen molar-refractivity contribution in [3.63, 3.8) is 0 Å². The van der Waals surface area contributed by atoms with Crippen molar-refractivity contribution in [1.29, 1.82) is 0 Å². The minimum Gasteiger partial charge on any atom is -0.326 e. The number of rotatable bonds is 1. The smallest absolute Gasteiger partial charge is 0.276 e. The third-order valence-electron chi connectivity index (χ3n) is 1.17. The van der Waals surface area contributed by atoms with Gasteiger partial charge in [0.25, 0.3) is 11.2 Å². The van der Waals surface area contributed by atoms with Crippen LogP contribution in [0.5, 0.6) is 0 Å². The fraction of sp³-hybridized carbons (Fsp3) is 0.167. The molecule has 0 spiro atoms. The molecule has 5 heteroatoms. The zero-order valence-electron chi connectivity index (χ0n) is 5.83. The van der Waals surface area contributed by atoms with Crippen LogP contribution in [0.25, 0.3) is 0 Å². The second-order valence-corrected chi connectivity index (χ2v) is 2.14. The number of aromatic nitrogens is 1. The van der Waals surface area contributed by atoms with Crippen LogP contribution in [0.15, 0.2) is 16.9 Å². The van der Waals surface area contributed by atoms with Crippen LogP contribution in [-0.4, -0.2) is 9.91 Å². The molecule has 0 amide bonds. The van der Waals surface area contributed by atoms with Gasteiger partial charge in [0.15, 0.2) is 0 Å². The summed E-state index contributed by atoms with van der Waals surface area (Å²) in [6.07, 6.45) is 0. The van der Waals surface area contributed by atoms with Crippen LogP contribution in [0.4, 0.5) is 5.69 Å². The zero-order chi connectivity index (χ0) is 8.43. The molecule has 58 valence electrons. The molecule has 5 nitrogen and oxygen atoms in total. The highest BCUT2D eigenvalue weighted by Crippen LogP contribution is 2.06. The molecule has 0 radical (unpaired) electrons. The number of pyridine rings is 1. The molecule has 0 saturated heterocycles. The second kappa shape index (κ2) is 2.53. The van der Waals surface area contributed by atoms with E-state index in [-0.39, 0.29) is 5.69 Å². The maximum atomic E-state index is 10.7. The van der Waals surface area contributed by atoms with Gasteiger partial charge in [-0.2, -0.15) is 0 Å². The summed E-state index contributed by atoms with van der Waals surface area (Å²) in [7, 11) is 0. The van der Waals surface area contributed by atoms with E-state index < -0.39 is 10.5 Å². The summed E-state index contributed by atoms with van der Waals surface area (Å²) < 4.78 is 0. The van der Waals surface area contributed by atoms with Gasteiger partial charge >= 0.3 is 0 Å². The average Bonchev–Trinajstić information content (AvgIpc) is 1.85. The normalized spacial score (nSPS) is 9.55. The van der Waals surface area contributed by atoms with Crippen molar-refractivity contribution in [2.45, 2.75) is 6.92 Å². The molecule has 0 fully saturated rings.